The van der Waals surface area contributed by atoms with Gasteiger partial charge in [-0.3, -0.25) is 4.79 Å². The first-order valence-corrected chi connectivity index (χ1v) is 7.03. The average molecular weight is 282 g/mol. The number of amides is 1. The molecule has 0 saturated heterocycles. The third-order valence-electron chi connectivity index (χ3n) is 3.97. The number of nitrogens with one attached hydrogen (secondary N) is 1. The lowest BCUT2D eigenvalue weighted by Crippen LogP contribution is -2.28. The summed E-state index contributed by atoms with van der Waals surface area (Å²) in [6, 6.07) is 14.8. The van der Waals surface area contributed by atoms with Gasteiger partial charge in [-0.25, -0.2) is 0 Å². The predicted molar refractivity (Wildman–Crippen MR) is 83.8 cm³/mol. The molecule has 2 aromatic carbocycles. The van der Waals surface area contributed by atoms with E-state index in [0.717, 1.165) is 17.9 Å². The van der Waals surface area contributed by atoms with Crippen molar-refractivity contribution in [2.45, 2.75) is 12.3 Å². The molecule has 0 fully saturated rings. The molecule has 1 unspecified atom stereocenters. The quantitative estimate of drug-likeness (QED) is 0.910. The van der Waals surface area contributed by atoms with E-state index in [4.69, 9.17) is 0 Å². The summed E-state index contributed by atoms with van der Waals surface area (Å²) >= 11 is 0. The summed E-state index contributed by atoms with van der Waals surface area (Å²) in [6.45, 7) is 0.800. The van der Waals surface area contributed by atoms with Crippen LogP contribution in [0.5, 0.6) is 5.75 Å². The Morgan fingerprint density at radius 1 is 1.24 bits per heavy atom. The molecule has 0 bridgehead atoms. The Kier molecular flexibility index (Phi) is 3.52. The third kappa shape index (κ3) is 2.70. The zero-order valence-electron chi connectivity index (χ0n) is 11.9. The number of carbonyl (C=O) groups excluding carboxylic acids is 1. The van der Waals surface area contributed by atoms with Gasteiger partial charge in [0.1, 0.15) is 5.75 Å². The van der Waals surface area contributed by atoms with Gasteiger partial charge in [0.05, 0.1) is 0 Å². The number of hydrogen-bond acceptors (Lipinski definition) is 3. The van der Waals surface area contributed by atoms with E-state index in [2.05, 4.69) is 11.4 Å². The fraction of sp³-hybridized carbons (Fsp3) is 0.235. The van der Waals surface area contributed by atoms with Crippen molar-refractivity contribution in [3.63, 3.8) is 0 Å². The maximum Gasteiger partial charge on any atom is 0.227 e. The highest BCUT2D eigenvalue weighted by atomic mass is 16.3. The van der Waals surface area contributed by atoms with E-state index in [9.17, 15) is 9.90 Å². The number of benzene rings is 2. The van der Waals surface area contributed by atoms with Crippen LogP contribution in [0.25, 0.3) is 0 Å². The molecule has 0 saturated carbocycles. The third-order valence-corrected chi connectivity index (χ3v) is 3.97. The minimum absolute atomic E-state index is 0.0733. The SMILES string of the molecule is CN(C(=O)CC1CNc2ccccc21)c1ccc(O)cc1. The van der Waals surface area contributed by atoms with Crippen LogP contribution in [0.4, 0.5) is 11.4 Å². The molecule has 3 rings (SSSR count). The van der Waals surface area contributed by atoms with Gasteiger partial charge >= 0.3 is 0 Å². The van der Waals surface area contributed by atoms with Crippen molar-refractivity contribution in [1.82, 2.24) is 0 Å². The summed E-state index contributed by atoms with van der Waals surface area (Å²) in [5, 5.41) is 12.6. The van der Waals surface area contributed by atoms with Crippen LogP contribution < -0.4 is 10.2 Å². The van der Waals surface area contributed by atoms with Gasteiger partial charge < -0.3 is 15.3 Å². The number of anilines is 2. The van der Waals surface area contributed by atoms with E-state index >= 15 is 0 Å². The molecule has 0 aliphatic carbocycles. The highest BCUT2D eigenvalue weighted by molar-refractivity contribution is 5.93. The number of para-hydroxylation sites is 1. The maximum absolute atomic E-state index is 12.4. The smallest absolute Gasteiger partial charge is 0.227 e. The molecule has 1 aliphatic rings. The lowest BCUT2D eigenvalue weighted by molar-refractivity contribution is -0.118. The molecule has 2 aromatic rings. The summed E-state index contributed by atoms with van der Waals surface area (Å²) in [6.07, 6.45) is 0.474. The van der Waals surface area contributed by atoms with Crippen LogP contribution in [0, 0.1) is 0 Å². The number of hydrogen-bond donors (Lipinski definition) is 2. The van der Waals surface area contributed by atoms with E-state index in [-0.39, 0.29) is 17.6 Å². The minimum atomic E-state index is 0.0733. The van der Waals surface area contributed by atoms with Gasteiger partial charge in [0, 0.05) is 37.3 Å². The second kappa shape index (κ2) is 5.48. The zero-order valence-corrected chi connectivity index (χ0v) is 11.9. The van der Waals surface area contributed by atoms with E-state index in [1.165, 1.54) is 5.56 Å². The first kappa shape index (κ1) is 13.5. The van der Waals surface area contributed by atoms with Crippen LogP contribution in [0.2, 0.25) is 0 Å². The average Bonchev–Trinajstić information content (AvgIpc) is 2.91. The van der Waals surface area contributed by atoms with Crippen molar-refractivity contribution in [3.05, 3.63) is 54.1 Å². The van der Waals surface area contributed by atoms with Crippen molar-refractivity contribution >= 4 is 17.3 Å². The Balaban J connectivity index is 1.71. The number of phenols is 1. The Morgan fingerprint density at radius 3 is 2.71 bits per heavy atom. The fourth-order valence-corrected chi connectivity index (χ4v) is 2.71. The maximum atomic E-state index is 12.4. The largest absolute Gasteiger partial charge is 0.508 e. The first-order chi connectivity index (χ1) is 10.1. The first-order valence-electron chi connectivity index (χ1n) is 7.03. The Labute approximate surface area is 124 Å². The Bertz CT molecular complexity index is 652. The predicted octanol–water partition coefficient (Wildman–Crippen LogP) is 2.95. The normalized spacial score (nSPS) is 16.1. The lowest BCUT2D eigenvalue weighted by atomic mass is 9.97. The molecule has 2 N–H and O–H groups in total. The molecule has 1 amide bonds. The molecule has 0 radical (unpaired) electrons. The topological polar surface area (TPSA) is 52.6 Å². The van der Waals surface area contributed by atoms with Crippen molar-refractivity contribution in [2.75, 3.05) is 23.8 Å². The molecule has 21 heavy (non-hydrogen) atoms. The number of fused-ring (bicyclic) bond motifs is 1. The summed E-state index contributed by atoms with van der Waals surface area (Å²) in [5.74, 6) is 0.492. The number of rotatable bonds is 3. The monoisotopic (exact) mass is 282 g/mol. The molecule has 108 valence electrons. The lowest BCUT2D eigenvalue weighted by Gasteiger charge is -2.19. The van der Waals surface area contributed by atoms with Gasteiger partial charge in [-0.15, -0.1) is 0 Å². The van der Waals surface area contributed by atoms with Gasteiger partial charge in [-0.2, -0.15) is 0 Å². The van der Waals surface area contributed by atoms with Crippen molar-refractivity contribution in [1.29, 1.82) is 0 Å². The van der Waals surface area contributed by atoms with Gasteiger partial charge in [0.15, 0.2) is 0 Å². The second-order valence-corrected chi connectivity index (χ2v) is 5.34. The molecule has 4 heteroatoms. The second-order valence-electron chi connectivity index (χ2n) is 5.34. The van der Waals surface area contributed by atoms with Crippen LogP contribution in [0.1, 0.15) is 17.9 Å². The molecular weight excluding hydrogens is 264 g/mol. The van der Waals surface area contributed by atoms with E-state index in [0.29, 0.717) is 6.42 Å². The van der Waals surface area contributed by atoms with Crippen LogP contribution in [0.15, 0.2) is 48.5 Å². The van der Waals surface area contributed by atoms with Gasteiger partial charge in [-0.1, -0.05) is 18.2 Å². The van der Waals surface area contributed by atoms with Crippen LogP contribution in [-0.4, -0.2) is 24.6 Å². The van der Waals surface area contributed by atoms with Gasteiger partial charge in [0.25, 0.3) is 0 Å². The number of carbonyl (C=O) groups is 1. The van der Waals surface area contributed by atoms with Crippen LogP contribution >= 0.6 is 0 Å². The van der Waals surface area contributed by atoms with Crippen LogP contribution in [0.3, 0.4) is 0 Å². The molecule has 1 aliphatic heterocycles. The molecule has 0 aromatic heterocycles. The summed E-state index contributed by atoms with van der Waals surface area (Å²) < 4.78 is 0. The number of aromatic hydroxyl groups is 1. The van der Waals surface area contributed by atoms with E-state index < -0.39 is 0 Å². The highest BCUT2D eigenvalue weighted by Gasteiger charge is 2.25. The van der Waals surface area contributed by atoms with Gasteiger partial charge in [0.2, 0.25) is 5.91 Å². The van der Waals surface area contributed by atoms with Gasteiger partial charge in [-0.05, 0) is 35.9 Å². The van der Waals surface area contributed by atoms with E-state index in [1.807, 2.05) is 18.2 Å². The molecule has 4 nitrogen and oxygen atoms in total. The standard InChI is InChI=1S/C17H18N2O2/c1-19(13-6-8-14(20)9-7-13)17(21)10-12-11-18-16-5-3-2-4-15(12)16/h2-9,12,18,20H,10-11H2,1H3. The Hall–Kier alpha value is -2.49. The summed E-state index contributed by atoms with van der Waals surface area (Å²) in [4.78, 5) is 14.1. The van der Waals surface area contributed by atoms with Crippen molar-refractivity contribution in [3.8, 4) is 5.75 Å². The minimum Gasteiger partial charge on any atom is -0.508 e. The number of nitrogens with zero attached hydrogens (tertiary/aromatic N) is 1. The van der Waals surface area contributed by atoms with Crippen molar-refractivity contribution < 1.29 is 9.90 Å². The summed E-state index contributed by atoms with van der Waals surface area (Å²) in [7, 11) is 1.77. The molecular formula is C17H18N2O2. The molecule has 1 atom stereocenters. The molecule has 1 heterocycles. The highest BCUT2D eigenvalue weighted by Crippen LogP contribution is 2.33. The molecule has 0 spiro atoms. The Morgan fingerprint density at radius 2 is 1.95 bits per heavy atom. The summed E-state index contributed by atoms with van der Waals surface area (Å²) in [5.41, 5.74) is 3.13. The van der Waals surface area contributed by atoms with E-state index in [1.54, 1.807) is 36.2 Å². The van der Waals surface area contributed by atoms with Crippen LogP contribution in [-0.2, 0) is 4.79 Å². The fourth-order valence-electron chi connectivity index (χ4n) is 2.71. The number of phenolic OH excluding ortho intramolecular Hbond substituents is 1. The zero-order chi connectivity index (χ0) is 14.8. The van der Waals surface area contributed by atoms with Crippen molar-refractivity contribution in [2.24, 2.45) is 0 Å².